The summed E-state index contributed by atoms with van der Waals surface area (Å²) in [4.78, 5) is 27.5. The van der Waals surface area contributed by atoms with Crippen molar-refractivity contribution in [3.05, 3.63) is 98.7 Å². The SMILES string of the molecule is Cc1c2n(ccc1=O)N(C1c3ccccc3OCc3c(F)cccc31)CN(C(C)C)C2=O. The average molecular weight is 433 g/mol. The van der Waals surface area contributed by atoms with Gasteiger partial charge in [0.2, 0.25) is 0 Å². The van der Waals surface area contributed by atoms with Crippen molar-refractivity contribution in [3.8, 4) is 5.75 Å². The molecule has 3 heterocycles. The largest absolute Gasteiger partial charge is 0.488 e. The second-order valence-corrected chi connectivity index (χ2v) is 8.48. The fraction of sp³-hybridized carbons (Fsp3) is 0.280. The van der Waals surface area contributed by atoms with Gasteiger partial charge in [-0.05, 0) is 38.5 Å². The van der Waals surface area contributed by atoms with Crippen LogP contribution in [0.1, 0.15) is 52.6 Å². The molecule has 1 unspecified atom stereocenters. The summed E-state index contributed by atoms with van der Waals surface area (Å²) in [5.41, 5.74) is 2.67. The van der Waals surface area contributed by atoms with E-state index in [-0.39, 0.29) is 36.5 Å². The number of halogens is 1. The molecular formula is C25H24FN3O3. The third-order valence-electron chi connectivity index (χ3n) is 6.32. The first kappa shape index (κ1) is 20.3. The number of para-hydroxylation sites is 1. The number of pyridine rings is 1. The number of carbonyl (C=O) groups excluding carboxylic acids is 1. The molecule has 0 bridgehead atoms. The number of hydrogen-bond acceptors (Lipinski definition) is 4. The molecule has 0 fully saturated rings. The van der Waals surface area contributed by atoms with Gasteiger partial charge in [-0.1, -0.05) is 30.3 Å². The first-order valence-electron chi connectivity index (χ1n) is 10.7. The van der Waals surface area contributed by atoms with Crippen molar-refractivity contribution in [1.82, 2.24) is 9.58 Å². The third kappa shape index (κ3) is 2.99. The molecule has 2 aromatic carbocycles. The lowest BCUT2D eigenvalue weighted by atomic mass is 9.94. The zero-order valence-electron chi connectivity index (χ0n) is 18.2. The Morgan fingerprint density at radius 3 is 2.56 bits per heavy atom. The highest BCUT2D eigenvalue weighted by Crippen LogP contribution is 2.40. The van der Waals surface area contributed by atoms with Crippen LogP contribution in [-0.4, -0.2) is 28.2 Å². The molecule has 1 amide bonds. The number of fused-ring (bicyclic) bond motifs is 3. The minimum Gasteiger partial charge on any atom is -0.488 e. The van der Waals surface area contributed by atoms with Crippen molar-refractivity contribution in [2.75, 3.05) is 11.7 Å². The van der Waals surface area contributed by atoms with Gasteiger partial charge in [0.25, 0.3) is 5.91 Å². The highest BCUT2D eigenvalue weighted by atomic mass is 19.1. The van der Waals surface area contributed by atoms with E-state index in [0.717, 1.165) is 11.1 Å². The van der Waals surface area contributed by atoms with Crippen LogP contribution >= 0.6 is 0 Å². The number of hydrogen-bond donors (Lipinski definition) is 0. The Balaban J connectivity index is 1.80. The van der Waals surface area contributed by atoms with Gasteiger partial charge in [-0.3, -0.25) is 19.3 Å². The molecule has 2 aliphatic rings. The van der Waals surface area contributed by atoms with Gasteiger partial charge in [0, 0.05) is 35.0 Å². The molecule has 6 nitrogen and oxygen atoms in total. The molecule has 1 aromatic heterocycles. The molecule has 2 aliphatic heterocycles. The lowest BCUT2D eigenvalue weighted by molar-refractivity contribution is 0.0625. The number of benzene rings is 2. The van der Waals surface area contributed by atoms with Crippen molar-refractivity contribution in [3.63, 3.8) is 0 Å². The number of ether oxygens (including phenoxy) is 1. The van der Waals surface area contributed by atoms with Crippen LogP contribution in [0.4, 0.5) is 4.39 Å². The second kappa shape index (κ2) is 7.51. The zero-order valence-corrected chi connectivity index (χ0v) is 18.2. The predicted octanol–water partition coefficient (Wildman–Crippen LogP) is 3.74. The van der Waals surface area contributed by atoms with Crippen LogP contribution in [0, 0.1) is 12.7 Å². The van der Waals surface area contributed by atoms with Crippen molar-refractivity contribution in [2.24, 2.45) is 0 Å². The van der Waals surface area contributed by atoms with Gasteiger partial charge in [0.1, 0.15) is 36.6 Å². The summed E-state index contributed by atoms with van der Waals surface area (Å²) in [6.07, 6.45) is 1.63. The van der Waals surface area contributed by atoms with E-state index < -0.39 is 6.04 Å². The fourth-order valence-electron chi connectivity index (χ4n) is 4.59. The Morgan fingerprint density at radius 1 is 1.03 bits per heavy atom. The monoisotopic (exact) mass is 433 g/mol. The normalized spacial score (nSPS) is 17.4. The minimum atomic E-state index is -0.422. The number of rotatable bonds is 2. The van der Waals surface area contributed by atoms with Crippen molar-refractivity contribution < 1.29 is 13.9 Å². The zero-order chi connectivity index (χ0) is 22.6. The molecular weight excluding hydrogens is 409 g/mol. The Kier molecular flexibility index (Phi) is 4.77. The topological polar surface area (TPSA) is 54.8 Å². The Labute approximate surface area is 185 Å². The Bertz CT molecular complexity index is 1280. The summed E-state index contributed by atoms with van der Waals surface area (Å²) in [6.45, 7) is 5.96. The second-order valence-electron chi connectivity index (χ2n) is 8.48. The minimum absolute atomic E-state index is 0.0855. The molecule has 164 valence electrons. The average Bonchev–Trinajstić information content (AvgIpc) is 2.94. The maximum absolute atomic E-state index is 14.9. The molecule has 32 heavy (non-hydrogen) atoms. The molecule has 1 atom stereocenters. The summed E-state index contributed by atoms with van der Waals surface area (Å²) in [6, 6.07) is 13.6. The van der Waals surface area contributed by atoms with Crippen LogP contribution in [-0.2, 0) is 6.61 Å². The summed E-state index contributed by atoms with van der Waals surface area (Å²) < 4.78 is 22.6. The van der Waals surface area contributed by atoms with Gasteiger partial charge in [-0.15, -0.1) is 0 Å². The van der Waals surface area contributed by atoms with Crippen LogP contribution in [0.5, 0.6) is 5.75 Å². The van der Waals surface area contributed by atoms with E-state index in [4.69, 9.17) is 4.74 Å². The van der Waals surface area contributed by atoms with Crippen molar-refractivity contribution in [2.45, 2.75) is 39.5 Å². The summed E-state index contributed by atoms with van der Waals surface area (Å²) >= 11 is 0. The van der Waals surface area contributed by atoms with Crippen molar-refractivity contribution in [1.29, 1.82) is 0 Å². The number of nitrogens with zero attached hydrogens (tertiary/aromatic N) is 3. The van der Waals surface area contributed by atoms with Crippen LogP contribution in [0.3, 0.4) is 0 Å². The first-order valence-corrected chi connectivity index (χ1v) is 10.7. The standard InChI is InChI=1S/C25H24FN3O3/c1-15(2)27-14-29(28-12-11-21(30)16(3)23(28)25(27)31)24-17-8-6-9-20(26)19(17)13-32-22-10-5-4-7-18(22)24/h4-12,15,24H,13-14H2,1-3H3. The smallest absolute Gasteiger partial charge is 0.274 e. The molecule has 7 heteroatoms. The number of amides is 1. The quantitative estimate of drug-likeness (QED) is 0.618. The summed E-state index contributed by atoms with van der Waals surface area (Å²) in [5.74, 6) is 0.148. The third-order valence-corrected chi connectivity index (χ3v) is 6.32. The maximum Gasteiger partial charge on any atom is 0.274 e. The highest BCUT2D eigenvalue weighted by molar-refractivity contribution is 5.95. The van der Waals surface area contributed by atoms with Gasteiger partial charge >= 0.3 is 0 Å². The lowest BCUT2D eigenvalue weighted by Gasteiger charge is -2.45. The molecule has 0 spiro atoms. The Morgan fingerprint density at radius 2 is 1.78 bits per heavy atom. The van der Waals surface area contributed by atoms with Gasteiger partial charge in [0.05, 0.1) is 0 Å². The van der Waals surface area contributed by atoms with Crippen LogP contribution < -0.4 is 15.2 Å². The van der Waals surface area contributed by atoms with E-state index in [1.165, 1.54) is 12.1 Å². The van der Waals surface area contributed by atoms with Crippen molar-refractivity contribution >= 4 is 5.91 Å². The molecule has 0 saturated carbocycles. The van der Waals surface area contributed by atoms with E-state index in [9.17, 15) is 14.0 Å². The van der Waals surface area contributed by atoms with Gasteiger partial charge in [-0.25, -0.2) is 4.39 Å². The van der Waals surface area contributed by atoms with Crippen LogP contribution in [0.25, 0.3) is 0 Å². The van der Waals surface area contributed by atoms with E-state index in [1.807, 2.05) is 49.2 Å². The molecule has 3 aromatic rings. The van der Waals surface area contributed by atoms with E-state index in [0.29, 0.717) is 22.6 Å². The molecule has 0 N–H and O–H groups in total. The summed E-state index contributed by atoms with van der Waals surface area (Å²) in [5, 5.41) is 2.01. The molecule has 5 rings (SSSR count). The Hall–Kier alpha value is -3.61. The van der Waals surface area contributed by atoms with Gasteiger partial charge in [0.15, 0.2) is 5.43 Å². The van der Waals surface area contributed by atoms with E-state index in [1.54, 1.807) is 28.8 Å². The van der Waals surface area contributed by atoms with Crippen LogP contribution in [0.2, 0.25) is 0 Å². The van der Waals surface area contributed by atoms with Gasteiger partial charge in [-0.2, -0.15) is 0 Å². The van der Waals surface area contributed by atoms with Crippen LogP contribution in [0.15, 0.2) is 59.5 Å². The number of aromatic nitrogens is 1. The molecule has 0 aliphatic carbocycles. The first-order chi connectivity index (χ1) is 15.4. The lowest BCUT2D eigenvalue weighted by Crippen LogP contribution is -2.57. The molecule has 0 radical (unpaired) electrons. The van der Waals surface area contributed by atoms with E-state index in [2.05, 4.69) is 0 Å². The number of carbonyl (C=O) groups is 1. The summed E-state index contributed by atoms with van der Waals surface area (Å²) in [7, 11) is 0. The molecule has 0 saturated heterocycles. The van der Waals surface area contributed by atoms with Gasteiger partial charge < -0.3 is 9.64 Å². The predicted molar refractivity (Wildman–Crippen MR) is 119 cm³/mol. The maximum atomic E-state index is 14.9. The fourth-order valence-corrected chi connectivity index (χ4v) is 4.59. The highest BCUT2D eigenvalue weighted by Gasteiger charge is 2.39. The van der Waals surface area contributed by atoms with E-state index >= 15 is 0 Å².